The maximum absolute atomic E-state index is 12.3. The Morgan fingerprint density at radius 2 is 1.72 bits per heavy atom. The van der Waals surface area contributed by atoms with Crippen molar-refractivity contribution in [3.63, 3.8) is 0 Å². The third-order valence-corrected chi connectivity index (χ3v) is 4.35. The molecule has 0 heterocycles. The van der Waals surface area contributed by atoms with E-state index < -0.39 is 17.8 Å². The van der Waals surface area contributed by atoms with Crippen LogP contribution in [0.5, 0.6) is 5.75 Å². The van der Waals surface area contributed by atoms with Crippen LogP contribution in [0.2, 0.25) is 5.02 Å². The van der Waals surface area contributed by atoms with E-state index in [1.165, 1.54) is 36.5 Å². The summed E-state index contributed by atoms with van der Waals surface area (Å²) in [6.45, 7) is 0. The number of rotatable bonds is 5. The number of anilines is 1. The molecule has 3 aromatic rings. The SMILES string of the molecule is N#Cc1ccc(NC(=O)C(=O)N/N=C/c2cccc(OC(=O)c3ccccc3Cl)c2)cc1. The third-order valence-electron chi connectivity index (χ3n) is 4.02. The van der Waals surface area contributed by atoms with Gasteiger partial charge in [0.15, 0.2) is 0 Å². The first-order chi connectivity index (χ1) is 15.5. The molecule has 0 aromatic heterocycles. The first-order valence-corrected chi connectivity index (χ1v) is 9.55. The molecule has 9 heteroatoms. The van der Waals surface area contributed by atoms with Crippen molar-refractivity contribution >= 4 is 41.3 Å². The maximum atomic E-state index is 12.3. The molecule has 0 aliphatic rings. The van der Waals surface area contributed by atoms with Crippen LogP contribution in [0.15, 0.2) is 77.9 Å². The normalized spacial score (nSPS) is 10.2. The van der Waals surface area contributed by atoms with Gasteiger partial charge in [0.1, 0.15) is 5.75 Å². The average Bonchev–Trinajstić information content (AvgIpc) is 2.80. The maximum Gasteiger partial charge on any atom is 0.345 e. The fourth-order valence-corrected chi connectivity index (χ4v) is 2.69. The van der Waals surface area contributed by atoms with Crippen LogP contribution in [-0.4, -0.2) is 24.0 Å². The fourth-order valence-electron chi connectivity index (χ4n) is 2.48. The first kappa shape index (κ1) is 22.2. The van der Waals surface area contributed by atoms with Crippen LogP contribution in [0.4, 0.5) is 5.69 Å². The largest absolute Gasteiger partial charge is 0.423 e. The second kappa shape index (κ2) is 10.5. The highest BCUT2D eigenvalue weighted by Gasteiger charge is 2.13. The van der Waals surface area contributed by atoms with E-state index in [0.29, 0.717) is 16.8 Å². The van der Waals surface area contributed by atoms with Gasteiger partial charge in [0.25, 0.3) is 0 Å². The average molecular weight is 447 g/mol. The van der Waals surface area contributed by atoms with Gasteiger partial charge in [-0.3, -0.25) is 9.59 Å². The molecule has 0 atom stereocenters. The summed E-state index contributed by atoms with van der Waals surface area (Å²) >= 11 is 6.00. The number of ether oxygens (including phenoxy) is 1. The van der Waals surface area contributed by atoms with Gasteiger partial charge in [-0.25, -0.2) is 10.2 Å². The number of benzene rings is 3. The molecule has 0 fully saturated rings. The van der Waals surface area contributed by atoms with Gasteiger partial charge in [-0.1, -0.05) is 35.9 Å². The van der Waals surface area contributed by atoms with Gasteiger partial charge >= 0.3 is 17.8 Å². The monoisotopic (exact) mass is 446 g/mol. The Kier molecular flexibility index (Phi) is 7.30. The number of halogens is 1. The number of esters is 1. The summed E-state index contributed by atoms with van der Waals surface area (Å²) in [5.41, 5.74) is 3.64. The smallest absolute Gasteiger partial charge is 0.345 e. The van der Waals surface area contributed by atoms with Crippen molar-refractivity contribution < 1.29 is 19.1 Å². The zero-order chi connectivity index (χ0) is 22.9. The molecule has 0 aliphatic heterocycles. The van der Waals surface area contributed by atoms with E-state index in [1.54, 1.807) is 42.5 Å². The lowest BCUT2D eigenvalue weighted by atomic mass is 10.2. The molecule has 3 aromatic carbocycles. The van der Waals surface area contributed by atoms with Crippen LogP contribution < -0.4 is 15.5 Å². The number of carbonyl (C=O) groups excluding carboxylic acids is 3. The summed E-state index contributed by atoms with van der Waals surface area (Å²) < 4.78 is 5.31. The van der Waals surface area contributed by atoms with Gasteiger partial charge in [0, 0.05) is 5.69 Å². The number of hydrogen-bond donors (Lipinski definition) is 2. The Bertz CT molecular complexity index is 1230. The number of nitriles is 1. The van der Waals surface area contributed by atoms with Crippen LogP contribution in [0.3, 0.4) is 0 Å². The molecular formula is C23H15ClN4O4. The van der Waals surface area contributed by atoms with Gasteiger partial charge in [-0.2, -0.15) is 10.4 Å². The number of hydrogen-bond acceptors (Lipinski definition) is 6. The van der Waals surface area contributed by atoms with Crippen LogP contribution in [0.25, 0.3) is 0 Å². The molecule has 0 saturated carbocycles. The summed E-state index contributed by atoms with van der Waals surface area (Å²) in [5, 5.41) is 15.2. The highest BCUT2D eigenvalue weighted by atomic mass is 35.5. The predicted octanol–water partition coefficient (Wildman–Crippen LogP) is 3.52. The van der Waals surface area contributed by atoms with Gasteiger partial charge < -0.3 is 10.1 Å². The molecule has 0 aliphatic carbocycles. The molecule has 0 unspecified atom stereocenters. The second-order valence-corrected chi connectivity index (χ2v) is 6.69. The van der Waals surface area contributed by atoms with Gasteiger partial charge in [-0.05, 0) is 54.1 Å². The Labute approximate surface area is 188 Å². The van der Waals surface area contributed by atoms with Crippen molar-refractivity contribution in [1.82, 2.24) is 5.43 Å². The molecule has 0 radical (unpaired) electrons. The molecular weight excluding hydrogens is 432 g/mol. The van der Waals surface area contributed by atoms with E-state index in [-0.39, 0.29) is 16.3 Å². The number of amides is 2. The fraction of sp³-hybridized carbons (Fsp3) is 0. The van der Waals surface area contributed by atoms with Crippen molar-refractivity contribution in [3.8, 4) is 11.8 Å². The van der Waals surface area contributed by atoms with Crippen LogP contribution in [0, 0.1) is 11.3 Å². The van der Waals surface area contributed by atoms with Crippen LogP contribution in [-0.2, 0) is 9.59 Å². The highest BCUT2D eigenvalue weighted by Crippen LogP contribution is 2.19. The minimum absolute atomic E-state index is 0.230. The zero-order valence-corrected chi connectivity index (χ0v) is 17.2. The van der Waals surface area contributed by atoms with Gasteiger partial charge in [0.2, 0.25) is 0 Å². The molecule has 0 spiro atoms. The molecule has 8 nitrogen and oxygen atoms in total. The van der Waals surface area contributed by atoms with Crippen molar-refractivity contribution in [3.05, 3.63) is 94.5 Å². The van der Waals surface area contributed by atoms with Crippen molar-refractivity contribution in [1.29, 1.82) is 5.26 Å². The minimum atomic E-state index is -0.980. The standard InChI is InChI=1S/C23H15ClN4O4/c24-20-7-2-1-6-19(20)23(31)32-18-5-3-4-16(12-18)14-26-28-22(30)21(29)27-17-10-8-15(13-25)9-11-17/h1-12,14H,(H,27,29)(H,28,30)/b26-14+. The van der Waals surface area contributed by atoms with E-state index in [2.05, 4.69) is 15.8 Å². The quantitative estimate of drug-likeness (QED) is 0.204. The van der Waals surface area contributed by atoms with E-state index in [4.69, 9.17) is 21.6 Å². The number of nitrogens with one attached hydrogen (secondary N) is 2. The van der Waals surface area contributed by atoms with E-state index in [0.717, 1.165) is 0 Å². The molecule has 0 bridgehead atoms. The predicted molar refractivity (Wildman–Crippen MR) is 118 cm³/mol. The Balaban J connectivity index is 1.56. The third kappa shape index (κ3) is 6.01. The van der Waals surface area contributed by atoms with E-state index >= 15 is 0 Å². The molecule has 32 heavy (non-hydrogen) atoms. The van der Waals surface area contributed by atoms with E-state index in [1.807, 2.05) is 6.07 Å². The lowest BCUT2D eigenvalue weighted by molar-refractivity contribution is -0.136. The van der Waals surface area contributed by atoms with Crippen LogP contribution in [0.1, 0.15) is 21.5 Å². The van der Waals surface area contributed by atoms with Gasteiger partial charge in [0.05, 0.1) is 28.4 Å². The summed E-state index contributed by atoms with van der Waals surface area (Å²) in [5.74, 6) is -2.26. The summed E-state index contributed by atoms with van der Waals surface area (Å²) in [7, 11) is 0. The zero-order valence-electron chi connectivity index (χ0n) is 16.4. The highest BCUT2D eigenvalue weighted by molar-refractivity contribution is 6.39. The van der Waals surface area contributed by atoms with Crippen molar-refractivity contribution in [2.45, 2.75) is 0 Å². The van der Waals surface area contributed by atoms with Crippen molar-refractivity contribution in [2.24, 2.45) is 5.10 Å². The molecule has 2 N–H and O–H groups in total. The molecule has 3 rings (SSSR count). The van der Waals surface area contributed by atoms with E-state index in [9.17, 15) is 14.4 Å². The topological polar surface area (TPSA) is 121 Å². The Hall–Kier alpha value is -4.48. The summed E-state index contributed by atoms with van der Waals surface area (Å²) in [6, 6.07) is 20.9. The molecule has 0 saturated heterocycles. The Morgan fingerprint density at radius 1 is 0.969 bits per heavy atom. The number of carbonyl (C=O) groups is 3. The molecule has 158 valence electrons. The van der Waals surface area contributed by atoms with Crippen LogP contribution >= 0.6 is 11.6 Å². The lowest BCUT2D eigenvalue weighted by Crippen LogP contribution is -2.32. The minimum Gasteiger partial charge on any atom is -0.423 e. The number of nitrogens with zero attached hydrogens (tertiary/aromatic N) is 2. The lowest BCUT2D eigenvalue weighted by Gasteiger charge is -2.06. The second-order valence-electron chi connectivity index (χ2n) is 6.28. The summed E-state index contributed by atoms with van der Waals surface area (Å²) in [6.07, 6.45) is 1.29. The number of hydrazone groups is 1. The van der Waals surface area contributed by atoms with Gasteiger partial charge in [-0.15, -0.1) is 0 Å². The van der Waals surface area contributed by atoms with Crippen molar-refractivity contribution in [2.75, 3.05) is 5.32 Å². The molecule has 2 amide bonds. The Morgan fingerprint density at radius 3 is 2.44 bits per heavy atom. The first-order valence-electron chi connectivity index (χ1n) is 9.17. The summed E-state index contributed by atoms with van der Waals surface area (Å²) in [4.78, 5) is 36.1.